The Balaban J connectivity index is 2.44. The molecule has 1 unspecified atom stereocenters. The quantitative estimate of drug-likeness (QED) is 0.934. The lowest BCUT2D eigenvalue weighted by molar-refractivity contribution is 0.188. The normalized spacial score (nSPS) is 12.3. The molecule has 1 atom stereocenters. The molecule has 2 aromatic rings. The zero-order chi connectivity index (χ0) is 14.0. The number of hydrogen-bond donors (Lipinski definition) is 1. The van der Waals surface area contributed by atoms with Crippen LogP contribution in [-0.2, 0) is 0 Å². The van der Waals surface area contributed by atoms with E-state index in [-0.39, 0.29) is 5.22 Å². The number of aliphatic hydroxyl groups excluding tert-OH is 1. The molecule has 0 saturated heterocycles. The van der Waals surface area contributed by atoms with E-state index in [4.69, 9.17) is 25.5 Å². The van der Waals surface area contributed by atoms with Crippen LogP contribution in [0.2, 0.25) is 5.22 Å². The van der Waals surface area contributed by atoms with E-state index in [1.165, 1.54) is 0 Å². The van der Waals surface area contributed by atoms with Crippen molar-refractivity contribution in [2.75, 3.05) is 14.2 Å². The van der Waals surface area contributed by atoms with Crippen LogP contribution in [0, 0.1) is 6.92 Å². The molecule has 0 spiro atoms. The summed E-state index contributed by atoms with van der Waals surface area (Å²) in [6.45, 7) is 1.88. The summed E-state index contributed by atoms with van der Waals surface area (Å²) in [5, 5.41) is 10.6. The Hall–Kier alpha value is -1.65. The van der Waals surface area contributed by atoms with E-state index in [1.807, 2.05) is 13.0 Å². The summed E-state index contributed by atoms with van der Waals surface area (Å²) < 4.78 is 15.7. The third kappa shape index (κ3) is 2.69. The largest absolute Gasteiger partial charge is 0.493 e. The van der Waals surface area contributed by atoms with Gasteiger partial charge in [0.1, 0.15) is 11.9 Å². The predicted molar refractivity (Wildman–Crippen MR) is 72.1 cm³/mol. The number of methoxy groups -OCH3 is 2. The van der Waals surface area contributed by atoms with Crippen LogP contribution in [0.15, 0.2) is 28.7 Å². The molecule has 0 aliphatic heterocycles. The van der Waals surface area contributed by atoms with Crippen molar-refractivity contribution in [1.82, 2.24) is 0 Å². The van der Waals surface area contributed by atoms with E-state index >= 15 is 0 Å². The molecule has 5 heteroatoms. The molecule has 0 amide bonds. The Morgan fingerprint density at radius 1 is 1.16 bits per heavy atom. The first kappa shape index (κ1) is 13.8. The molecule has 0 aliphatic rings. The van der Waals surface area contributed by atoms with E-state index in [0.717, 1.165) is 5.56 Å². The van der Waals surface area contributed by atoms with Gasteiger partial charge >= 0.3 is 0 Å². The standard InChI is InChI=1S/C14H15ClO4/c1-8-6-11(17-2)12(18-3)7-9(8)14(16)10-4-5-13(15)19-10/h4-7,14,16H,1-3H3. The number of aliphatic hydroxyl groups is 1. The lowest BCUT2D eigenvalue weighted by Crippen LogP contribution is -2.02. The van der Waals surface area contributed by atoms with E-state index in [0.29, 0.717) is 22.8 Å². The molecule has 1 aromatic heterocycles. The number of benzene rings is 1. The van der Waals surface area contributed by atoms with Crippen LogP contribution in [0.3, 0.4) is 0 Å². The maximum Gasteiger partial charge on any atom is 0.193 e. The topological polar surface area (TPSA) is 51.8 Å². The number of ether oxygens (including phenoxy) is 2. The molecule has 0 bridgehead atoms. The van der Waals surface area contributed by atoms with Crippen molar-refractivity contribution in [3.8, 4) is 11.5 Å². The molecule has 102 valence electrons. The van der Waals surface area contributed by atoms with Crippen molar-refractivity contribution in [1.29, 1.82) is 0 Å². The highest BCUT2D eigenvalue weighted by Crippen LogP contribution is 2.35. The van der Waals surface area contributed by atoms with E-state index in [2.05, 4.69) is 0 Å². The van der Waals surface area contributed by atoms with Crippen molar-refractivity contribution in [3.63, 3.8) is 0 Å². The van der Waals surface area contributed by atoms with E-state index < -0.39 is 6.10 Å². The van der Waals surface area contributed by atoms with Crippen LogP contribution < -0.4 is 9.47 Å². The summed E-state index contributed by atoms with van der Waals surface area (Å²) in [5.41, 5.74) is 1.56. The van der Waals surface area contributed by atoms with Crippen LogP contribution in [0.1, 0.15) is 23.0 Å². The van der Waals surface area contributed by atoms with Crippen molar-refractivity contribution >= 4 is 11.6 Å². The molecule has 1 N–H and O–H groups in total. The smallest absolute Gasteiger partial charge is 0.193 e. The first-order valence-electron chi connectivity index (χ1n) is 5.72. The molecule has 0 fully saturated rings. The van der Waals surface area contributed by atoms with Gasteiger partial charge in [-0.1, -0.05) is 0 Å². The molecule has 19 heavy (non-hydrogen) atoms. The highest BCUT2D eigenvalue weighted by molar-refractivity contribution is 6.28. The molecule has 4 nitrogen and oxygen atoms in total. The van der Waals surface area contributed by atoms with Gasteiger partial charge in [-0.05, 0) is 53.9 Å². The molecule has 1 heterocycles. The van der Waals surface area contributed by atoms with Gasteiger partial charge in [-0.15, -0.1) is 0 Å². The summed E-state index contributed by atoms with van der Waals surface area (Å²) in [4.78, 5) is 0. The van der Waals surface area contributed by atoms with Gasteiger partial charge in [0, 0.05) is 0 Å². The Bertz CT molecular complexity index is 577. The van der Waals surface area contributed by atoms with Crippen molar-refractivity contribution < 1.29 is 19.0 Å². The van der Waals surface area contributed by atoms with Crippen LogP contribution in [0.4, 0.5) is 0 Å². The van der Waals surface area contributed by atoms with Gasteiger partial charge in [-0.3, -0.25) is 0 Å². The summed E-state index contributed by atoms with van der Waals surface area (Å²) in [7, 11) is 3.12. The second-order valence-corrected chi connectivity index (χ2v) is 4.48. The van der Waals surface area contributed by atoms with Gasteiger partial charge in [0.15, 0.2) is 16.7 Å². The first-order valence-corrected chi connectivity index (χ1v) is 6.10. The number of rotatable bonds is 4. The van der Waals surface area contributed by atoms with Gasteiger partial charge in [0.25, 0.3) is 0 Å². The molecule has 0 saturated carbocycles. The molecule has 0 aliphatic carbocycles. The minimum atomic E-state index is -0.896. The zero-order valence-electron chi connectivity index (χ0n) is 10.9. The monoisotopic (exact) mass is 282 g/mol. The Morgan fingerprint density at radius 2 is 1.79 bits per heavy atom. The fourth-order valence-electron chi connectivity index (χ4n) is 1.92. The molecule has 0 radical (unpaired) electrons. The molecule has 1 aromatic carbocycles. The van der Waals surface area contributed by atoms with E-state index in [1.54, 1.807) is 32.4 Å². The van der Waals surface area contributed by atoms with Crippen molar-refractivity contribution in [2.45, 2.75) is 13.0 Å². The fraction of sp³-hybridized carbons (Fsp3) is 0.286. The number of aryl methyl sites for hydroxylation is 1. The van der Waals surface area contributed by atoms with Gasteiger partial charge < -0.3 is 19.0 Å². The lowest BCUT2D eigenvalue weighted by atomic mass is 10.0. The Morgan fingerprint density at radius 3 is 2.32 bits per heavy atom. The molecular weight excluding hydrogens is 268 g/mol. The maximum absolute atomic E-state index is 10.3. The number of halogens is 1. The predicted octanol–water partition coefficient (Wildman–Crippen LogP) is 3.34. The zero-order valence-corrected chi connectivity index (χ0v) is 11.7. The third-order valence-corrected chi connectivity index (χ3v) is 3.13. The average molecular weight is 283 g/mol. The van der Waals surface area contributed by atoms with Crippen LogP contribution >= 0.6 is 11.6 Å². The van der Waals surface area contributed by atoms with Gasteiger partial charge in [0.2, 0.25) is 0 Å². The van der Waals surface area contributed by atoms with Crippen LogP contribution in [0.25, 0.3) is 0 Å². The fourth-order valence-corrected chi connectivity index (χ4v) is 2.07. The minimum Gasteiger partial charge on any atom is -0.493 e. The maximum atomic E-state index is 10.3. The minimum absolute atomic E-state index is 0.243. The van der Waals surface area contributed by atoms with Crippen LogP contribution in [-0.4, -0.2) is 19.3 Å². The second-order valence-electron chi connectivity index (χ2n) is 4.11. The summed E-state index contributed by atoms with van der Waals surface area (Å²) in [5.74, 6) is 1.56. The van der Waals surface area contributed by atoms with Crippen molar-refractivity contribution in [2.24, 2.45) is 0 Å². The van der Waals surface area contributed by atoms with Gasteiger partial charge in [0.05, 0.1) is 14.2 Å². The summed E-state index contributed by atoms with van der Waals surface area (Å²) in [6, 6.07) is 6.77. The highest BCUT2D eigenvalue weighted by Gasteiger charge is 2.19. The van der Waals surface area contributed by atoms with Crippen LogP contribution in [0.5, 0.6) is 11.5 Å². The average Bonchev–Trinajstić information content (AvgIpc) is 2.84. The summed E-state index contributed by atoms with van der Waals surface area (Å²) >= 11 is 5.72. The lowest BCUT2D eigenvalue weighted by Gasteiger charge is -2.15. The second kappa shape index (κ2) is 5.55. The SMILES string of the molecule is COc1cc(C)c(C(O)c2ccc(Cl)o2)cc1OC. The molecule has 2 rings (SSSR count). The molecular formula is C14H15ClO4. The Labute approximate surface area is 116 Å². The first-order chi connectivity index (χ1) is 9.06. The summed E-state index contributed by atoms with van der Waals surface area (Å²) in [6.07, 6.45) is -0.896. The van der Waals surface area contributed by atoms with Crippen molar-refractivity contribution in [3.05, 3.63) is 46.4 Å². The number of hydrogen-bond acceptors (Lipinski definition) is 4. The van der Waals surface area contributed by atoms with E-state index in [9.17, 15) is 5.11 Å². The van der Waals surface area contributed by atoms with Gasteiger partial charge in [-0.2, -0.15) is 0 Å². The highest BCUT2D eigenvalue weighted by atomic mass is 35.5. The Kier molecular flexibility index (Phi) is 4.02. The third-order valence-electron chi connectivity index (χ3n) is 2.93. The number of furan rings is 1. The van der Waals surface area contributed by atoms with Gasteiger partial charge in [-0.25, -0.2) is 0 Å².